The third-order valence-electron chi connectivity index (χ3n) is 8.74. The van der Waals surface area contributed by atoms with Crippen molar-refractivity contribution in [1.29, 1.82) is 0 Å². The fraction of sp³-hybridized carbons (Fsp3) is 0.433. The maximum absolute atomic E-state index is 16.4. The van der Waals surface area contributed by atoms with Crippen molar-refractivity contribution in [1.82, 2.24) is 19.9 Å². The highest BCUT2D eigenvalue weighted by Crippen LogP contribution is 2.40. The predicted molar refractivity (Wildman–Crippen MR) is 147 cm³/mol. The maximum atomic E-state index is 16.4. The number of fused-ring (bicyclic) bond motifs is 3. The van der Waals surface area contributed by atoms with Crippen LogP contribution in [0.25, 0.3) is 32.9 Å². The maximum Gasteiger partial charge on any atom is 0.319 e. The second-order valence-corrected chi connectivity index (χ2v) is 11.3. The first-order valence-electron chi connectivity index (χ1n) is 13.9. The minimum absolute atomic E-state index is 0.0000883. The number of hydrogen-bond acceptors (Lipinski definition) is 8. The van der Waals surface area contributed by atoms with Gasteiger partial charge in [0.25, 0.3) is 0 Å². The van der Waals surface area contributed by atoms with Crippen molar-refractivity contribution in [3.8, 4) is 17.3 Å². The number of halogens is 2. The predicted octanol–water partition coefficient (Wildman–Crippen LogP) is 4.06. The highest BCUT2D eigenvalue weighted by atomic mass is 19.1. The highest BCUT2D eigenvalue weighted by molar-refractivity contribution is 5.99. The van der Waals surface area contributed by atoms with E-state index in [1.807, 2.05) is 0 Å². The Bertz CT molecular complexity index is 1580. The van der Waals surface area contributed by atoms with Gasteiger partial charge in [-0.2, -0.15) is 9.97 Å². The average molecular weight is 548 g/mol. The topological polar surface area (TPSA) is 94.8 Å². The minimum atomic E-state index is -0.765. The van der Waals surface area contributed by atoms with Crippen LogP contribution < -0.4 is 9.64 Å². The van der Waals surface area contributed by atoms with Crippen LogP contribution in [-0.2, 0) is 0 Å². The normalized spacial score (nSPS) is 22.8. The first kappa shape index (κ1) is 25.5. The van der Waals surface area contributed by atoms with Crippen LogP contribution in [0.5, 0.6) is 6.01 Å². The summed E-state index contributed by atoms with van der Waals surface area (Å²) in [5, 5.41) is 22.0. The molecule has 0 aliphatic carbocycles. The molecule has 3 fully saturated rings. The fourth-order valence-corrected chi connectivity index (χ4v) is 6.89. The molecule has 10 heteroatoms. The number of hydrogen-bond donors (Lipinski definition) is 2. The molecule has 2 aromatic carbocycles. The number of aliphatic hydroxyl groups excluding tert-OH is 2. The van der Waals surface area contributed by atoms with E-state index in [2.05, 4.69) is 19.9 Å². The van der Waals surface area contributed by atoms with Crippen molar-refractivity contribution in [3.63, 3.8) is 0 Å². The molecule has 208 valence electrons. The van der Waals surface area contributed by atoms with Crippen LogP contribution in [0.2, 0.25) is 0 Å². The van der Waals surface area contributed by atoms with Crippen LogP contribution in [0.1, 0.15) is 32.1 Å². The first-order valence-corrected chi connectivity index (χ1v) is 13.9. The zero-order valence-corrected chi connectivity index (χ0v) is 22.1. The van der Waals surface area contributed by atoms with Gasteiger partial charge in [0.05, 0.1) is 23.1 Å². The molecular formula is C30H31F2N5O3. The number of benzene rings is 2. The number of ether oxygens (including phenoxy) is 1. The summed E-state index contributed by atoms with van der Waals surface area (Å²) in [7, 11) is 0. The van der Waals surface area contributed by atoms with Crippen LogP contribution in [0.3, 0.4) is 0 Å². The fourth-order valence-electron chi connectivity index (χ4n) is 6.89. The van der Waals surface area contributed by atoms with E-state index in [4.69, 9.17) is 4.74 Å². The molecule has 0 radical (unpaired) electrons. The molecule has 7 rings (SSSR count). The Morgan fingerprint density at radius 2 is 1.70 bits per heavy atom. The van der Waals surface area contributed by atoms with Crippen LogP contribution in [0.15, 0.2) is 42.6 Å². The zero-order chi connectivity index (χ0) is 27.4. The van der Waals surface area contributed by atoms with E-state index in [-0.39, 0.29) is 47.7 Å². The number of nitrogens with zero attached hydrogens (tertiary/aromatic N) is 5. The Hall–Kier alpha value is -3.47. The SMILES string of the molecule is O[C@@H]1C[C@H](O)CN(c2nc(OCC34CCCN3CCC4)nc3c(F)c(-c4cccc5cccc(F)c45)ncc23)C1. The quantitative estimate of drug-likeness (QED) is 0.386. The van der Waals surface area contributed by atoms with Crippen molar-refractivity contribution in [2.45, 2.75) is 49.9 Å². The molecule has 4 aromatic rings. The summed E-state index contributed by atoms with van der Waals surface area (Å²) >= 11 is 0. The molecule has 0 unspecified atom stereocenters. The molecule has 3 aliphatic heterocycles. The Morgan fingerprint density at radius 3 is 2.45 bits per heavy atom. The third-order valence-corrected chi connectivity index (χ3v) is 8.74. The van der Waals surface area contributed by atoms with Gasteiger partial charge in [-0.15, -0.1) is 0 Å². The van der Waals surface area contributed by atoms with Crippen LogP contribution in [-0.4, -0.2) is 80.6 Å². The van der Waals surface area contributed by atoms with Gasteiger partial charge in [0, 0.05) is 36.7 Å². The monoisotopic (exact) mass is 547 g/mol. The van der Waals surface area contributed by atoms with Gasteiger partial charge in [0.2, 0.25) is 0 Å². The van der Waals surface area contributed by atoms with Crippen LogP contribution >= 0.6 is 0 Å². The summed E-state index contributed by atoms with van der Waals surface area (Å²) in [6.07, 6.45) is 4.50. The van der Waals surface area contributed by atoms with E-state index in [0.717, 1.165) is 38.8 Å². The largest absolute Gasteiger partial charge is 0.461 e. The zero-order valence-electron chi connectivity index (χ0n) is 22.1. The standard InChI is InChI=1S/C30H31F2N5O3/c31-23-8-2-6-18-5-1-7-21(24(18)23)26-25(32)27-22(14-33-26)28(36-15-19(38)13-20(39)16-36)35-29(34-27)40-17-30-9-3-11-37(30)12-4-10-30/h1-2,5-8,14,19-20,38-39H,3-4,9-13,15-17H2/t19-,20+. The van der Waals surface area contributed by atoms with E-state index in [1.54, 1.807) is 35.2 Å². The van der Waals surface area contributed by atoms with Crippen molar-refractivity contribution >= 4 is 27.5 Å². The van der Waals surface area contributed by atoms with E-state index < -0.39 is 23.8 Å². The van der Waals surface area contributed by atoms with Crippen molar-refractivity contribution < 1.29 is 23.7 Å². The Kier molecular flexibility index (Phi) is 6.29. The van der Waals surface area contributed by atoms with Gasteiger partial charge < -0.3 is 19.8 Å². The van der Waals surface area contributed by atoms with E-state index in [1.165, 1.54) is 12.3 Å². The van der Waals surface area contributed by atoms with E-state index >= 15 is 4.39 Å². The van der Waals surface area contributed by atoms with Crippen LogP contribution in [0.4, 0.5) is 14.6 Å². The molecule has 8 nitrogen and oxygen atoms in total. The lowest BCUT2D eigenvalue weighted by Crippen LogP contribution is -2.46. The molecule has 0 saturated carbocycles. The Balaban J connectivity index is 1.36. The van der Waals surface area contributed by atoms with E-state index in [0.29, 0.717) is 28.8 Å². The van der Waals surface area contributed by atoms with Gasteiger partial charge in [-0.3, -0.25) is 9.88 Å². The van der Waals surface area contributed by atoms with Gasteiger partial charge in [-0.1, -0.05) is 30.3 Å². The summed E-state index contributed by atoms with van der Waals surface area (Å²) in [6, 6.07) is 9.93. The van der Waals surface area contributed by atoms with Gasteiger partial charge in [0.15, 0.2) is 5.82 Å². The van der Waals surface area contributed by atoms with Crippen molar-refractivity contribution in [2.24, 2.45) is 0 Å². The first-order chi connectivity index (χ1) is 19.4. The summed E-state index contributed by atoms with van der Waals surface area (Å²) in [5.74, 6) is -0.830. The molecule has 2 N–H and O–H groups in total. The molecule has 2 atom stereocenters. The molecule has 0 amide bonds. The number of anilines is 1. The Labute approximate surface area is 230 Å². The highest BCUT2D eigenvalue weighted by Gasteiger charge is 2.45. The summed E-state index contributed by atoms with van der Waals surface area (Å²) < 4.78 is 37.5. The summed E-state index contributed by atoms with van der Waals surface area (Å²) in [6.45, 7) is 2.93. The molecule has 2 aromatic heterocycles. The number of pyridine rings is 1. The van der Waals surface area contributed by atoms with Gasteiger partial charge in [0.1, 0.15) is 29.5 Å². The lowest BCUT2D eigenvalue weighted by atomic mass is 9.95. The number of piperidine rings is 1. The number of rotatable bonds is 5. The van der Waals surface area contributed by atoms with Crippen molar-refractivity contribution in [3.05, 3.63) is 54.2 Å². The molecule has 0 spiro atoms. The molecular weight excluding hydrogens is 516 g/mol. The number of aromatic nitrogens is 3. The van der Waals surface area contributed by atoms with Crippen molar-refractivity contribution in [2.75, 3.05) is 37.7 Å². The second-order valence-electron chi connectivity index (χ2n) is 11.3. The smallest absolute Gasteiger partial charge is 0.319 e. The lowest BCUT2D eigenvalue weighted by Gasteiger charge is -2.35. The van der Waals surface area contributed by atoms with Gasteiger partial charge in [-0.05, 0) is 50.2 Å². The average Bonchev–Trinajstić information content (AvgIpc) is 3.52. The number of β-amino-alcohol motifs (C(OH)–C–C–N with tert-alkyl or cyclic N) is 2. The van der Waals surface area contributed by atoms with E-state index in [9.17, 15) is 14.6 Å². The minimum Gasteiger partial charge on any atom is -0.461 e. The van der Waals surface area contributed by atoms with Crippen LogP contribution in [0, 0.1) is 11.6 Å². The third kappa shape index (κ3) is 4.25. The number of aliphatic hydroxyl groups is 2. The molecule has 3 saturated heterocycles. The molecule has 0 bridgehead atoms. The summed E-state index contributed by atoms with van der Waals surface area (Å²) in [4.78, 5) is 17.8. The molecule has 5 heterocycles. The lowest BCUT2D eigenvalue weighted by molar-refractivity contribution is 0.0648. The van der Waals surface area contributed by atoms with Gasteiger partial charge in [-0.25, -0.2) is 8.78 Å². The molecule has 40 heavy (non-hydrogen) atoms. The second kappa shape index (κ2) is 9.87. The summed E-state index contributed by atoms with van der Waals surface area (Å²) in [5.41, 5.74) is 0.250. The van der Waals surface area contributed by atoms with Gasteiger partial charge >= 0.3 is 6.01 Å². The molecule has 3 aliphatic rings. The Morgan fingerprint density at radius 1 is 0.975 bits per heavy atom.